The molecule has 0 aliphatic heterocycles. The van der Waals surface area contributed by atoms with Gasteiger partial charge >= 0.3 is 5.97 Å². The smallest absolute Gasteiger partial charge is 0.328 e. The highest BCUT2D eigenvalue weighted by atomic mass is 19.1. The number of benzene rings is 1. The number of carboxylic acids is 1. The molecule has 1 saturated carbocycles. The third-order valence-electron chi connectivity index (χ3n) is 2.96. The van der Waals surface area contributed by atoms with Crippen LogP contribution in [0.5, 0.6) is 0 Å². The van der Waals surface area contributed by atoms with Crippen molar-refractivity contribution in [1.29, 1.82) is 0 Å². The Kier molecular flexibility index (Phi) is 2.87. The molecule has 1 fully saturated rings. The normalized spacial score (nSPS) is 18.8. The molecule has 1 aromatic carbocycles. The fraction of sp³-hybridized carbons (Fsp3) is 0.417. The lowest BCUT2D eigenvalue weighted by atomic mass is 9.91. The lowest BCUT2D eigenvalue weighted by Crippen LogP contribution is -2.48. The Morgan fingerprint density at radius 1 is 1.47 bits per heavy atom. The molecule has 1 unspecified atom stereocenters. The highest BCUT2D eigenvalue weighted by Crippen LogP contribution is 2.30. The van der Waals surface area contributed by atoms with Gasteiger partial charge in [-0.25, -0.2) is 13.6 Å². The number of hydrogen-bond acceptors (Lipinski definition) is 2. The molecule has 1 aliphatic rings. The van der Waals surface area contributed by atoms with Gasteiger partial charge in [-0.2, -0.15) is 0 Å². The molecular weight excluding hydrogens is 228 g/mol. The molecule has 0 amide bonds. The molecule has 1 aromatic rings. The van der Waals surface area contributed by atoms with Gasteiger partial charge in [-0.1, -0.05) is 0 Å². The largest absolute Gasteiger partial charge is 0.480 e. The van der Waals surface area contributed by atoms with Gasteiger partial charge in [-0.05, 0) is 38.0 Å². The standard InChI is InChI=1S/C12H13F2NO2/c1-12(11(16)17,15-8-3-4-8)9-6-7(13)2-5-10(9)14/h2,5-6,8,15H,3-4H2,1H3,(H,16,17). The van der Waals surface area contributed by atoms with Crippen LogP contribution in [0.15, 0.2) is 18.2 Å². The van der Waals surface area contributed by atoms with Gasteiger partial charge in [0.05, 0.1) is 0 Å². The Morgan fingerprint density at radius 2 is 2.12 bits per heavy atom. The van der Waals surface area contributed by atoms with Crippen LogP contribution >= 0.6 is 0 Å². The van der Waals surface area contributed by atoms with Crippen molar-refractivity contribution in [3.63, 3.8) is 0 Å². The van der Waals surface area contributed by atoms with E-state index in [0.717, 1.165) is 31.0 Å². The number of halogens is 2. The first-order valence-electron chi connectivity index (χ1n) is 5.40. The van der Waals surface area contributed by atoms with Crippen molar-refractivity contribution < 1.29 is 18.7 Å². The predicted octanol–water partition coefficient (Wildman–Crippen LogP) is 2.02. The third kappa shape index (κ3) is 2.29. The fourth-order valence-corrected chi connectivity index (χ4v) is 1.77. The number of aliphatic carboxylic acids is 1. The zero-order valence-electron chi connectivity index (χ0n) is 9.34. The average Bonchev–Trinajstić information content (AvgIpc) is 3.05. The zero-order chi connectivity index (χ0) is 12.6. The molecular formula is C12H13F2NO2. The van der Waals surface area contributed by atoms with Crippen molar-refractivity contribution in [2.75, 3.05) is 0 Å². The molecule has 92 valence electrons. The molecule has 1 aliphatic carbocycles. The summed E-state index contributed by atoms with van der Waals surface area (Å²) in [7, 11) is 0. The van der Waals surface area contributed by atoms with Gasteiger partial charge in [-0.15, -0.1) is 0 Å². The Labute approximate surface area is 97.5 Å². The first-order chi connectivity index (χ1) is 7.93. The maximum absolute atomic E-state index is 13.6. The Morgan fingerprint density at radius 3 is 2.65 bits per heavy atom. The number of nitrogens with one attached hydrogen (secondary N) is 1. The van der Waals surface area contributed by atoms with Crippen LogP contribution in [0.25, 0.3) is 0 Å². The Hall–Kier alpha value is -1.49. The van der Waals surface area contributed by atoms with Crippen LogP contribution in [0, 0.1) is 11.6 Å². The summed E-state index contributed by atoms with van der Waals surface area (Å²) in [5.41, 5.74) is -1.76. The van der Waals surface area contributed by atoms with Gasteiger partial charge in [0.2, 0.25) is 0 Å². The summed E-state index contributed by atoms with van der Waals surface area (Å²) in [6, 6.07) is 2.91. The van der Waals surface area contributed by atoms with E-state index in [2.05, 4.69) is 5.32 Å². The van der Waals surface area contributed by atoms with Gasteiger partial charge in [0.15, 0.2) is 0 Å². The first kappa shape index (κ1) is 12.0. The minimum atomic E-state index is -1.59. The van der Waals surface area contributed by atoms with Crippen molar-refractivity contribution in [1.82, 2.24) is 5.32 Å². The third-order valence-corrected chi connectivity index (χ3v) is 2.96. The number of carboxylic acid groups (broad SMARTS) is 1. The van der Waals surface area contributed by atoms with Crippen molar-refractivity contribution in [3.05, 3.63) is 35.4 Å². The van der Waals surface area contributed by atoms with E-state index in [1.165, 1.54) is 6.92 Å². The van der Waals surface area contributed by atoms with E-state index in [4.69, 9.17) is 0 Å². The van der Waals surface area contributed by atoms with E-state index in [0.29, 0.717) is 0 Å². The molecule has 0 bridgehead atoms. The van der Waals surface area contributed by atoms with E-state index in [1.54, 1.807) is 0 Å². The van der Waals surface area contributed by atoms with Crippen molar-refractivity contribution in [2.45, 2.75) is 31.3 Å². The van der Waals surface area contributed by atoms with Gasteiger partial charge in [0.25, 0.3) is 0 Å². The summed E-state index contributed by atoms with van der Waals surface area (Å²) in [5.74, 6) is -2.58. The quantitative estimate of drug-likeness (QED) is 0.847. The van der Waals surface area contributed by atoms with Gasteiger partial charge < -0.3 is 5.11 Å². The van der Waals surface area contributed by atoms with Gasteiger partial charge in [-0.3, -0.25) is 5.32 Å². The maximum Gasteiger partial charge on any atom is 0.328 e. The van der Waals surface area contributed by atoms with Crippen LogP contribution in [-0.2, 0) is 10.3 Å². The van der Waals surface area contributed by atoms with Crippen LogP contribution in [-0.4, -0.2) is 17.1 Å². The summed E-state index contributed by atoms with van der Waals surface area (Å²) in [6.45, 7) is 1.35. The number of rotatable bonds is 4. The Bertz CT molecular complexity index is 460. The minimum absolute atomic E-state index is 0.0683. The summed E-state index contributed by atoms with van der Waals surface area (Å²) >= 11 is 0. The van der Waals surface area contributed by atoms with Crippen molar-refractivity contribution in [3.8, 4) is 0 Å². The van der Waals surface area contributed by atoms with Crippen molar-refractivity contribution in [2.24, 2.45) is 0 Å². The molecule has 2 rings (SSSR count). The first-order valence-corrected chi connectivity index (χ1v) is 5.40. The molecule has 0 heterocycles. The second kappa shape index (κ2) is 4.07. The van der Waals surface area contributed by atoms with E-state index >= 15 is 0 Å². The molecule has 0 aromatic heterocycles. The molecule has 0 spiro atoms. The average molecular weight is 241 g/mol. The van der Waals surface area contributed by atoms with E-state index < -0.39 is 23.1 Å². The van der Waals surface area contributed by atoms with E-state index in [-0.39, 0.29) is 11.6 Å². The summed E-state index contributed by atoms with van der Waals surface area (Å²) in [5, 5.41) is 12.1. The maximum atomic E-state index is 13.6. The lowest BCUT2D eigenvalue weighted by Gasteiger charge is -2.27. The molecule has 1 atom stereocenters. The predicted molar refractivity (Wildman–Crippen MR) is 57.5 cm³/mol. The van der Waals surface area contributed by atoms with Crippen LogP contribution in [0.1, 0.15) is 25.3 Å². The lowest BCUT2D eigenvalue weighted by molar-refractivity contribution is -0.144. The van der Waals surface area contributed by atoms with Crippen LogP contribution < -0.4 is 5.32 Å². The molecule has 0 radical (unpaired) electrons. The summed E-state index contributed by atoms with van der Waals surface area (Å²) in [4.78, 5) is 11.3. The summed E-state index contributed by atoms with van der Waals surface area (Å²) < 4.78 is 26.7. The molecule has 3 nitrogen and oxygen atoms in total. The van der Waals surface area contributed by atoms with E-state index in [1.807, 2.05) is 0 Å². The van der Waals surface area contributed by atoms with Crippen molar-refractivity contribution >= 4 is 5.97 Å². The second-order valence-electron chi connectivity index (χ2n) is 4.47. The zero-order valence-corrected chi connectivity index (χ0v) is 9.34. The Balaban J connectivity index is 2.43. The highest BCUT2D eigenvalue weighted by Gasteiger charge is 2.41. The fourth-order valence-electron chi connectivity index (χ4n) is 1.77. The summed E-state index contributed by atoms with van der Waals surface area (Å²) in [6.07, 6.45) is 1.72. The van der Waals surface area contributed by atoms with E-state index in [9.17, 15) is 18.7 Å². The van der Waals surface area contributed by atoms with Crippen LogP contribution in [0.2, 0.25) is 0 Å². The van der Waals surface area contributed by atoms with Crippen LogP contribution in [0.4, 0.5) is 8.78 Å². The number of carbonyl (C=O) groups is 1. The molecule has 17 heavy (non-hydrogen) atoms. The van der Waals surface area contributed by atoms with Gasteiger partial charge in [0.1, 0.15) is 17.2 Å². The topological polar surface area (TPSA) is 49.3 Å². The monoisotopic (exact) mass is 241 g/mol. The molecule has 0 saturated heterocycles. The highest BCUT2D eigenvalue weighted by molar-refractivity contribution is 5.80. The minimum Gasteiger partial charge on any atom is -0.480 e. The number of hydrogen-bond donors (Lipinski definition) is 2. The second-order valence-corrected chi connectivity index (χ2v) is 4.47. The molecule has 2 N–H and O–H groups in total. The van der Waals surface area contributed by atoms with Gasteiger partial charge in [0, 0.05) is 11.6 Å². The van der Waals surface area contributed by atoms with Crippen LogP contribution in [0.3, 0.4) is 0 Å². The SMILES string of the molecule is CC(NC1CC1)(C(=O)O)c1cc(F)ccc1F. The molecule has 5 heteroatoms.